The standard InChI is InChI=1S/C19H17F3N2/c20-19(21,22)17-8-6-14(7-9-17)3-2-11-23-13-16-5-1-4-15-10-12-24-18(15)16/h1-10,12,23-24H,11,13H2/b3-2+. The Balaban J connectivity index is 1.53. The molecule has 5 heteroatoms. The summed E-state index contributed by atoms with van der Waals surface area (Å²) in [7, 11) is 0. The van der Waals surface area contributed by atoms with E-state index in [1.165, 1.54) is 23.1 Å². The Morgan fingerprint density at radius 3 is 2.54 bits per heavy atom. The number of hydrogen-bond donors (Lipinski definition) is 2. The maximum Gasteiger partial charge on any atom is 0.416 e. The van der Waals surface area contributed by atoms with Crippen LogP contribution in [0.4, 0.5) is 13.2 Å². The molecule has 0 spiro atoms. The van der Waals surface area contributed by atoms with Crippen molar-refractivity contribution in [1.29, 1.82) is 0 Å². The van der Waals surface area contributed by atoms with Gasteiger partial charge in [0, 0.05) is 24.8 Å². The maximum absolute atomic E-state index is 12.5. The second-order valence-electron chi connectivity index (χ2n) is 5.51. The number of para-hydroxylation sites is 1. The molecule has 0 saturated heterocycles. The van der Waals surface area contributed by atoms with Crippen molar-refractivity contribution in [2.24, 2.45) is 0 Å². The van der Waals surface area contributed by atoms with E-state index in [1.54, 1.807) is 0 Å². The molecular weight excluding hydrogens is 313 g/mol. The SMILES string of the molecule is FC(F)(F)c1ccc(/C=C/CNCc2cccc3cc[nH]c23)cc1. The summed E-state index contributed by atoms with van der Waals surface area (Å²) in [6, 6.07) is 13.3. The molecule has 0 amide bonds. The highest BCUT2D eigenvalue weighted by atomic mass is 19.4. The lowest BCUT2D eigenvalue weighted by Gasteiger charge is -2.06. The molecule has 2 nitrogen and oxygen atoms in total. The van der Waals surface area contributed by atoms with E-state index in [2.05, 4.69) is 22.4 Å². The number of aromatic nitrogens is 1. The monoisotopic (exact) mass is 330 g/mol. The lowest BCUT2D eigenvalue weighted by atomic mass is 10.1. The minimum Gasteiger partial charge on any atom is -0.361 e. The molecule has 2 aromatic carbocycles. The minimum absolute atomic E-state index is 0.628. The number of rotatable bonds is 5. The molecule has 0 radical (unpaired) electrons. The summed E-state index contributed by atoms with van der Waals surface area (Å²) in [5.41, 5.74) is 2.42. The summed E-state index contributed by atoms with van der Waals surface area (Å²) in [4.78, 5) is 3.22. The van der Waals surface area contributed by atoms with Crippen LogP contribution >= 0.6 is 0 Å². The van der Waals surface area contributed by atoms with Crippen molar-refractivity contribution in [1.82, 2.24) is 10.3 Å². The summed E-state index contributed by atoms with van der Waals surface area (Å²) in [5.74, 6) is 0. The Bertz CT molecular complexity index is 830. The van der Waals surface area contributed by atoms with E-state index in [4.69, 9.17) is 0 Å². The fourth-order valence-electron chi connectivity index (χ4n) is 2.57. The van der Waals surface area contributed by atoms with E-state index < -0.39 is 11.7 Å². The van der Waals surface area contributed by atoms with Gasteiger partial charge in [-0.05, 0) is 34.7 Å². The van der Waals surface area contributed by atoms with Gasteiger partial charge >= 0.3 is 6.18 Å². The van der Waals surface area contributed by atoms with Gasteiger partial charge in [0.15, 0.2) is 0 Å². The normalized spacial score (nSPS) is 12.3. The van der Waals surface area contributed by atoms with Crippen molar-refractivity contribution in [2.75, 3.05) is 6.54 Å². The zero-order valence-corrected chi connectivity index (χ0v) is 12.9. The Morgan fingerprint density at radius 2 is 1.79 bits per heavy atom. The summed E-state index contributed by atoms with van der Waals surface area (Å²) in [6.45, 7) is 1.35. The molecule has 3 aromatic rings. The third kappa shape index (κ3) is 3.86. The van der Waals surface area contributed by atoms with Crippen molar-refractivity contribution in [3.05, 3.63) is 77.5 Å². The molecule has 2 N–H and O–H groups in total. The molecule has 0 fully saturated rings. The maximum atomic E-state index is 12.5. The first-order valence-electron chi connectivity index (χ1n) is 7.63. The molecule has 124 valence electrons. The van der Waals surface area contributed by atoms with Gasteiger partial charge in [-0.2, -0.15) is 13.2 Å². The summed E-state index contributed by atoms with van der Waals surface area (Å²) < 4.78 is 37.5. The number of alkyl halides is 3. The van der Waals surface area contributed by atoms with E-state index in [0.717, 1.165) is 29.8 Å². The van der Waals surface area contributed by atoms with E-state index in [0.29, 0.717) is 6.54 Å². The third-order valence-electron chi connectivity index (χ3n) is 3.80. The molecule has 1 heterocycles. The number of aromatic amines is 1. The molecule has 24 heavy (non-hydrogen) atoms. The van der Waals surface area contributed by atoms with Gasteiger partial charge in [-0.3, -0.25) is 0 Å². The molecule has 0 aliphatic heterocycles. The van der Waals surface area contributed by atoms with Crippen LogP contribution in [0.2, 0.25) is 0 Å². The fourth-order valence-corrected chi connectivity index (χ4v) is 2.57. The van der Waals surface area contributed by atoms with Crippen LogP contribution in [0.25, 0.3) is 17.0 Å². The van der Waals surface area contributed by atoms with Gasteiger partial charge in [-0.1, -0.05) is 42.5 Å². The predicted molar refractivity (Wildman–Crippen MR) is 90.5 cm³/mol. The highest BCUT2D eigenvalue weighted by Gasteiger charge is 2.29. The summed E-state index contributed by atoms with van der Waals surface area (Å²) in [6.07, 6.45) is 1.33. The van der Waals surface area contributed by atoms with Crippen molar-refractivity contribution < 1.29 is 13.2 Å². The molecule has 1 aromatic heterocycles. The first-order valence-corrected chi connectivity index (χ1v) is 7.63. The molecule has 0 aliphatic rings. The fraction of sp³-hybridized carbons (Fsp3) is 0.158. The molecule has 0 aliphatic carbocycles. The third-order valence-corrected chi connectivity index (χ3v) is 3.80. The lowest BCUT2D eigenvalue weighted by Crippen LogP contribution is -2.13. The van der Waals surface area contributed by atoms with E-state index in [9.17, 15) is 13.2 Å². The number of hydrogen-bond acceptors (Lipinski definition) is 1. The largest absolute Gasteiger partial charge is 0.416 e. The number of nitrogens with one attached hydrogen (secondary N) is 2. The van der Waals surface area contributed by atoms with Crippen molar-refractivity contribution in [3.8, 4) is 0 Å². The number of H-pyrrole nitrogens is 1. The van der Waals surface area contributed by atoms with E-state index in [-0.39, 0.29) is 0 Å². The molecule has 3 rings (SSSR count). The van der Waals surface area contributed by atoms with E-state index in [1.807, 2.05) is 30.5 Å². The smallest absolute Gasteiger partial charge is 0.361 e. The topological polar surface area (TPSA) is 27.8 Å². The van der Waals surface area contributed by atoms with Crippen LogP contribution in [0.1, 0.15) is 16.7 Å². The molecule has 0 bridgehead atoms. The van der Waals surface area contributed by atoms with Crippen LogP contribution < -0.4 is 5.32 Å². The molecule has 0 unspecified atom stereocenters. The second kappa shape index (κ2) is 6.93. The predicted octanol–water partition coefficient (Wildman–Crippen LogP) is 4.99. The number of halogens is 3. The first-order chi connectivity index (χ1) is 11.5. The zero-order valence-electron chi connectivity index (χ0n) is 12.9. The highest BCUT2D eigenvalue weighted by molar-refractivity contribution is 5.82. The first kappa shape index (κ1) is 16.3. The molecular formula is C19H17F3N2. The lowest BCUT2D eigenvalue weighted by molar-refractivity contribution is -0.137. The van der Waals surface area contributed by atoms with Crippen molar-refractivity contribution in [2.45, 2.75) is 12.7 Å². The van der Waals surface area contributed by atoms with Crippen LogP contribution in [0.5, 0.6) is 0 Å². The van der Waals surface area contributed by atoms with Gasteiger partial charge in [0.25, 0.3) is 0 Å². The van der Waals surface area contributed by atoms with E-state index >= 15 is 0 Å². The number of benzene rings is 2. The van der Waals surface area contributed by atoms with Gasteiger partial charge < -0.3 is 10.3 Å². The quantitative estimate of drug-likeness (QED) is 0.634. The minimum atomic E-state index is -4.29. The van der Waals surface area contributed by atoms with Crippen LogP contribution in [0.3, 0.4) is 0 Å². The average molecular weight is 330 g/mol. The Labute approximate surface area is 138 Å². The van der Waals surface area contributed by atoms with Crippen LogP contribution in [-0.2, 0) is 12.7 Å². The Hall–Kier alpha value is -2.53. The summed E-state index contributed by atoms with van der Waals surface area (Å²) >= 11 is 0. The molecule has 0 saturated carbocycles. The number of fused-ring (bicyclic) bond motifs is 1. The van der Waals surface area contributed by atoms with Crippen LogP contribution in [0, 0.1) is 0 Å². The highest BCUT2D eigenvalue weighted by Crippen LogP contribution is 2.29. The zero-order chi connectivity index (χ0) is 17.0. The van der Waals surface area contributed by atoms with Gasteiger partial charge in [0.05, 0.1) is 5.56 Å². The van der Waals surface area contributed by atoms with Gasteiger partial charge in [0.2, 0.25) is 0 Å². The Morgan fingerprint density at radius 1 is 1.00 bits per heavy atom. The summed E-state index contributed by atoms with van der Waals surface area (Å²) in [5, 5.41) is 4.48. The van der Waals surface area contributed by atoms with Crippen molar-refractivity contribution in [3.63, 3.8) is 0 Å². The average Bonchev–Trinajstić information content (AvgIpc) is 3.03. The second-order valence-corrected chi connectivity index (χ2v) is 5.51. The van der Waals surface area contributed by atoms with Crippen LogP contribution in [0.15, 0.2) is 60.8 Å². The molecule has 0 atom stereocenters. The van der Waals surface area contributed by atoms with Crippen molar-refractivity contribution >= 4 is 17.0 Å². The van der Waals surface area contributed by atoms with Gasteiger partial charge in [0.1, 0.15) is 0 Å². The Kier molecular flexibility index (Phi) is 4.71. The van der Waals surface area contributed by atoms with Crippen LogP contribution in [-0.4, -0.2) is 11.5 Å². The van der Waals surface area contributed by atoms with Gasteiger partial charge in [-0.25, -0.2) is 0 Å². The van der Waals surface area contributed by atoms with Gasteiger partial charge in [-0.15, -0.1) is 0 Å².